The smallest absolute Gasteiger partial charge is 0.253 e. The lowest BCUT2D eigenvalue weighted by Gasteiger charge is -2.26. The number of nitrogens with one attached hydrogen (secondary N) is 1. The number of rotatable bonds is 4. The summed E-state index contributed by atoms with van der Waals surface area (Å²) >= 11 is 11.3. The molecule has 7 heteroatoms. The standard InChI is InChI=1S/C10H12Cl2N2O3/c1-10(4-15,5-16)14-9(17)6-2-7(11)8(12)13-3-6/h2-3,15-16H,4-5H2,1H3,(H,14,17). The van der Waals surface area contributed by atoms with Crippen LogP contribution in [0.15, 0.2) is 12.3 Å². The zero-order chi connectivity index (χ0) is 13.1. The summed E-state index contributed by atoms with van der Waals surface area (Å²) in [6.45, 7) is 0.740. The van der Waals surface area contributed by atoms with Crippen LogP contribution in [0, 0.1) is 0 Å². The second kappa shape index (κ2) is 5.64. The molecule has 5 nitrogen and oxygen atoms in total. The number of amides is 1. The van der Waals surface area contributed by atoms with Gasteiger partial charge in [-0.1, -0.05) is 23.2 Å². The number of pyridine rings is 1. The third-order valence-electron chi connectivity index (χ3n) is 2.17. The minimum Gasteiger partial charge on any atom is -0.394 e. The molecule has 0 aliphatic heterocycles. The van der Waals surface area contributed by atoms with Crippen LogP contribution in [0.1, 0.15) is 17.3 Å². The van der Waals surface area contributed by atoms with Gasteiger partial charge in [-0.05, 0) is 13.0 Å². The highest BCUT2D eigenvalue weighted by Gasteiger charge is 2.25. The highest BCUT2D eigenvalue weighted by atomic mass is 35.5. The van der Waals surface area contributed by atoms with Gasteiger partial charge in [-0.15, -0.1) is 0 Å². The Morgan fingerprint density at radius 3 is 2.53 bits per heavy atom. The Morgan fingerprint density at radius 1 is 1.47 bits per heavy atom. The van der Waals surface area contributed by atoms with Crippen LogP contribution in [0.5, 0.6) is 0 Å². The maximum atomic E-state index is 11.8. The van der Waals surface area contributed by atoms with Crippen molar-refractivity contribution in [3.05, 3.63) is 28.0 Å². The summed E-state index contributed by atoms with van der Waals surface area (Å²) < 4.78 is 0. The van der Waals surface area contributed by atoms with Crippen LogP contribution in [-0.4, -0.2) is 39.9 Å². The first-order valence-electron chi connectivity index (χ1n) is 4.77. The van der Waals surface area contributed by atoms with Gasteiger partial charge in [-0.3, -0.25) is 4.79 Å². The summed E-state index contributed by atoms with van der Waals surface area (Å²) in [5, 5.41) is 20.8. The molecule has 0 aliphatic rings. The van der Waals surface area contributed by atoms with E-state index in [9.17, 15) is 4.79 Å². The van der Waals surface area contributed by atoms with Crippen molar-refractivity contribution in [2.45, 2.75) is 12.5 Å². The van der Waals surface area contributed by atoms with Crippen LogP contribution < -0.4 is 5.32 Å². The van der Waals surface area contributed by atoms with Crippen LogP contribution in [0.4, 0.5) is 0 Å². The van der Waals surface area contributed by atoms with Crippen molar-refractivity contribution < 1.29 is 15.0 Å². The van der Waals surface area contributed by atoms with Gasteiger partial charge < -0.3 is 15.5 Å². The van der Waals surface area contributed by atoms with Gasteiger partial charge in [0.25, 0.3) is 5.91 Å². The molecule has 0 aromatic carbocycles. The Labute approximate surface area is 108 Å². The minimum absolute atomic E-state index is 0.107. The number of carbonyl (C=O) groups excluding carboxylic acids is 1. The number of hydrogen-bond acceptors (Lipinski definition) is 4. The number of hydrogen-bond donors (Lipinski definition) is 3. The van der Waals surface area contributed by atoms with Gasteiger partial charge in [0.05, 0.1) is 29.3 Å². The maximum Gasteiger partial charge on any atom is 0.253 e. The number of carbonyl (C=O) groups is 1. The molecule has 0 fully saturated rings. The van der Waals surface area contributed by atoms with Crippen LogP contribution in [0.25, 0.3) is 0 Å². The highest BCUT2D eigenvalue weighted by molar-refractivity contribution is 6.41. The summed E-state index contributed by atoms with van der Waals surface area (Å²) in [4.78, 5) is 15.5. The second-order valence-corrected chi connectivity index (χ2v) is 4.59. The van der Waals surface area contributed by atoms with E-state index in [0.717, 1.165) is 0 Å². The summed E-state index contributed by atoms with van der Waals surface area (Å²) in [6, 6.07) is 1.36. The molecule has 1 aromatic rings. The van der Waals surface area contributed by atoms with E-state index in [1.807, 2.05) is 0 Å². The quantitative estimate of drug-likeness (QED) is 0.714. The molecule has 0 unspecified atom stereocenters. The van der Waals surface area contributed by atoms with Crippen molar-refractivity contribution >= 4 is 29.1 Å². The lowest BCUT2D eigenvalue weighted by Crippen LogP contribution is -2.51. The molecular weight excluding hydrogens is 267 g/mol. The van der Waals surface area contributed by atoms with E-state index in [1.165, 1.54) is 19.2 Å². The molecule has 0 spiro atoms. The Kier molecular flexibility index (Phi) is 4.70. The van der Waals surface area contributed by atoms with E-state index in [1.54, 1.807) is 0 Å². The molecule has 0 saturated carbocycles. The van der Waals surface area contributed by atoms with Crippen molar-refractivity contribution in [2.24, 2.45) is 0 Å². The van der Waals surface area contributed by atoms with Gasteiger partial charge in [0, 0.05) is 6.20 Å². The average Bonchev–Trinajstić information content (AvgIpc) is 2.32. The molecule has 1 heterocycles. The zero-order valence-corrected chi connectivity index (χ0v) is 10.6. The van der Waals surface area contributed by atoms with E-state index >= 15 is 0 Å². The first-order valence-corrected chi connectivity index (χ1v) is 5.53. The first-order chi connectivity index (χ1) is 7.91. The Bertz CT molecular complexity index is 422. The summed E-state index contributed by atoms with van der Waals surface area (Å²) in [6.07, 6.45) is 1.26. The van der Waals surface area contributed by atoms with Crippen molar-refractivity contribution in [3.8, 4) is 0 Å². The molecule has 17 heavy (non-hydrogen) atoms. The van der Waals surface area contributed by atoms with Gasteiger partial charge in [0.15, 0.2) is 0 Å². The van der Waals surface area contributed by atoms with E-state index in [4.69, 9.17) is 33.4 Å². The SMILES string of the molecule is CC(CO)(CO)NC(=O)c1cnc(Cl)c(Cl)c1. The third-order valence-corrected chi connectivity index (χ3v) is 2.86. The number of halogens is 2. The fraction of sp³-hybridized carbons (Fsp3) is 0.400. The van der Waals surface area contributed by atoms with E-state index in [-0.39, 0.29) is 29.0 Å². The normalized spacial score (nSPS) is 11.4. The van der Waals surface area contributed by atoms with E-state index in [2.05, 4.69) is 10.3 Å². The van der Waals surface area contributed by atoms with E-state index in [0.29, 0.717) is 0 Å². The lowest BCUT2D eigenvalue weighted by molar-refractivity contribution is 0.0723. The lowest BCUT2D eigenvalue weighted by atomic mass is 10.0. The van der Waals surface area contributed by atoms with Gasteiger partial charge in [0.2, 0.25) is 0 Å². The predicted molar refractivity (Wildman–Crippen MR) is 64.3 cm³/mol. The Hall–Kier alpha value is -0.880. The van der Waals surface area contributed by atoms with Gasteiger partial charge in [-0.25, -0.2) is 4.98 Å². The van der Waals surface area contributed by atoms with E-state index < -0.39 is 11.4 Å². The molecule has 0 atom stereocenters. The van der Waals surface area contributed by atoms with Gasteiger partial charge in [0.1, 0.15) is 5.15 Å². The summed E-state index contributed by atoms with van der Waals surface area (Å²) in [5.74, 6) is -0.498. The summed E-state index contributed by atoms with van der Waals surface area (Å²) in [7, 11) is 0. The van der Waals surface area contributed by atoms with Crippen LogP contribution in [0.3, 0.4) is 0 Å². The van der Waals surface area contributed by atoms with Crippen LogP contribution in [0.2, 0.25) is 10.2 Å². The molecule has 1 amide bonds. The van der Waals surface area contributed by atoms with Crippen molar-refractivity contribution in [3.63, 3.8) is 0 Å². The minimum atomic E-state index is -1.09. The molecule has 0 saturated heterocycles. The van der Waals surface area contributed by atoms with Crippen molar-refractivity contribution in [1.29, 1.82) is 0 Å². The topological polar surface area (TPSA) is 82.5 Å². The Morgan fingerprint density at radius 2 is 2.06 bits per heavy atom. The zero-order valence-electron chi connectivity index (χ0n) is 9.07. The molecule has 94 valence electrons. The number of aliphatic hydroxyl groups is 2. The highest BCUT2D eigenvalue weighted by Crippen LogP contribution is 2.19. The summed E-state index contributed by atoms with van der Waals surface area (Å²) in [5.41, 5.74) is -0.893. The molecule has 3 N–H and O–H groups in total. The number of aromatic nitrogens is 1. The molecule has 1 rings (SSSR count). The monoisotopic (exact) mass is 278 g/mol. The van der Waals surface area contributed by atoms with Gasteiger partial charge >= 0.3 is 0 Å². The molecule has 0 bridgehead atoms. The Balaban J connectivity index is 2.86. The average molecular weight is 279 g/mol. The first kappa shape index (κ1) is 14.2. The molecule has 1 aromatic heterocycles. The third kappa shape index (κ3) is 3.54. The van der Waals surface area contributed by atoms with Crippen LogP contribution >= 0.6 is 23.2 Å². The molecule has 0 aliphatic carbocycles. The molecular formula is C10H12Cl2N2O3. The number of nitrogens with zero attached hydrogens (tertiary/aromatic N) is 1. The predicted octanol–water partition coefficient (Wildman–Crippen LogP) is 0.861. The molecule has 0 radical (unpaired) electrons. The van der Waals surface area contributed by atoms with Crippen molar-refractivity contribution in [1.82, 2.24) is 10.3 Å². The van der Waals surface area contributed by atoms with Gasteiger partial charge in [-0.2, -0.15) is 0 Å². The second-order valence-electron chi connectivity index (χ2n) is 3.83. The largest absolute Gasteiger partial charge is 0.394 e. The number of aliphatic hydroxyl groups excluding tert-OH is 2. The fourth-order valence-electron chi connectivity index (χ4n) is 1.02. The van der Waals surface area contributed by atoms with Crippen LogP contribution in [-0.2, 0) is 0 Å². The van der Waals surface area contributed by atoms with Crippen molar-refractivity contribution in [2.75, 3.05) is 13.2 Å². The fourth-order valence-corrected chi connectivity index (χ4v) is 1.29. The maximum absolute atomic E-state index is 11.8.